The van der Waals surface area contributed by atoms with Gasteiger partial charge in [0.1, 0.15) is 0 Å². The van der Waals surface area contributed by atoms with Crippen molar-refractivity contribution >= 4 is 29.4 Å². The molecule has 0 radical (unpaired) electrons. The highest BCUT2D eigenvalue weighted by Crippen LogP contribution is 2.38. The molecule has 3 nitrogen and oxygen atoms in total. The summed E-state index contributed by atoms with van der Waals surface area (Å²) in [6, 6.07) is 14.3. The maximum Gasteiger partial charge on any atom is 0.173 e. The fourth-order valence-corrected chi connectivity index (χ4v) is 3.27. The number of aryl methyl sites for hydroxylation is 1. The molecular weight excluding hydrogens is 367 g/mol. The maximum atomic E-state index is 11.9. The summed E-state index contributed by atoms with van der Waals surface area (Å²) in [7, 11) is 0. The molecule has 1 N–H and O–H groups in total. The van der Waals surface area contributed by atoms with Crippen LogP contribution in [-0.2, 0) is 5.60 Å². The molecule has 3 aromatic rings. The van der Waals surface area contributed by atoms with Crippen LogP contribution in [0, 0.1) is 13.8 Å². The molecule has 26 heavy (non-hydrogen) atoms. The fourth-order valence-electron chi connectivity index (χ4n) is 3.02. The first kappa shape index (κ1) is 18.7. The van der Waals surface area contributed by atoms with Gasteiger partial charge < -0.3 is 9.67 Å². The molecule has 2 aromatic carbocycles. The zero-order valence-corrected chi connectivity index (χ0v) is 16.4. The average Bonchev–Trinajstić information content (AvgIpc) is 2.91. The van der Waals surface area contributed by atoms with E-state index in [1.54, 1.807) is 24.3 Å². The fraction of sp³-hybridized carbons (Fsp3) is 0.190. The summed E-state index contributed by atoms with van der Waals surface area (Å²) in [5.74, 6) is 0.523. The lowest BCUT2D eigenvalue weighted by Crippen LogP contribution is -2.32. The third-order valence-corrected chi connectivity index (χ3v) is 5.04. The van der Waals surface area contributed by atoms with Gasteiger partial charge in [0, 0.05) is 21.9 Å². The number of aromatic nitrogens is 2. The number of hydrogen-bond donors (Lipinski definition) is 1. The molecule has 0 aliphatic heterocycles. The number of nitrogens with zero attached hydrogens (tertiary/aromatic N) is 2. The van der Waals surface area contributed by atoms with Crippen molar-refractivity contribution in [2.24, 2.45) is 0 Å². The summed E-state index contributed by atoms with van der Waals surface area (Å²) >= 11 is 12.1. The van der Waals surface area contributed by atoms with E-state index in [-0.39, 0.29) is 0 Å². The minimum absolute atomic E-state index is 0.523. The van der Waals surface area contributed by atoms with Crippen molar-refractivity contribution in [3.05, 3.63) is 93.0 Å². The summed E-state index contributed by atoms with van der Waals surface area (Å²) < 4.78 is 1.92. The van der Waals surface area contributed by atoms with Gasteiger partial charge in [0.05, 0.1) is 5.69 Å². The SMILES string of the molecule is C/C=C\n1c(C(O)(c2ccc(Cl)cc2)c2ccc(Cl)cc2)nc(C)c1C. The van der Waals surface area contributed by atoms with Gasteiger partial charge in [-0.1, -0.05) is 53.5 Å². The molecule has 0 unspecified atom stereocenters. The standard InChI is InChI=1S/C21H20Cl2N2O/c1-4-13-25-15(3)14(2)24-20(25)21(26,16-5-9-18(22)10-6-16)17-7-11-19(23)12-8-17/h4-13,26H,1-3H3/b13-4-. The van der Waals surface area contributed by atoms with Gasteiger partial charge in [-0.2, -0.15) is 0 Å². The number of allylic oxidation sites excluding steroid dienone is 1. The number of hydrogen-bond acceptors (Lipinski definition) is 2. The van der Waals surface area contributed by atoms with Crippen LogP contribution in [0.2, 0.25) is 10.0 Å². The average molecular weight is 387 g/mol. The van der Waals surface area contributed by atoms with E-state index in [9.17, 15) is 5.11 Å². The number of imidazole rings is 1. The van der Waals surface area contributed by atoms with Crippen LogP contribution in [0.25, 0.3) is 6.20 Å². The molecule has 0 bridgehead atoms. The van der Waals surface area contributed by atoms with Gasteiger partial charge >= 0.3 is 0 Å². The van der Waals surface area contributed by atoms with Crippen LogP contribution in [0.15, 0.2) is 54.6 Å². The van der Waals surface area contributed by atoms with Crippen molar-refractivity contribution in [1.29, 1.82) is 0 Å². The van der Waals surface area contributed by atoms with Crippen molar-refractivity contribution in [1.82, 2.24) is 9.55 Å². The van der Waals surface area contributed by atoms with Crippen molar-refractivity contribution in [3.8, 4) is 0 Å². The van der Waals surface area contributed by atoms with Crippen molar-refractivity contribution in [3.63, 3.8) is 0 Å². The quantitative estimate of drug-likeness (QED) is 0.635. The normalized spacial score (nSPS) is 12.1. The Morgan fingerprint density at radius 3 is 1.81 bits per heavy atom. The molecule has 0 aliphatic rings. The monoisotopic (exact) mass is 386 g/mol. The molecule has 134 valence electrons. The lowest BCUT2D eigenvalue weighted by atomic mass is 9.85. The summed E-state index contributed by atoms with van der Waals surface area (Å²) in [4.78, 5) is 4.69. The molecule has 1 heterocycles. The maximum absolute atomic E-state index is 11.9. The molecule has 0 spiro atoms. The minimum Gasteiger partial charge on any atom is -0.373 e. The van der Waals surface area contributed by atoms with Gasteiger partial charge in [-0.3, -0.25) is 0 Å². The topological polar surface area (TPSA) is 38.0 Å². The third kappa shape index (κ3) is 3.18. The highest BCUT2D eigenvalue weighted by Gasteiger charge is 2.39. The molecule has 1 aromatic heterocycles. The lowest BCUT2D eigenvalue weighted by molar-refractivity contribution is 0.114. The van der Waals surface area contributed by atoms with Crippen LogP contribution >= 0.6 is 23.2 Å². The predicted molar refractivity (Wildman–Crippen MR) is 108 cm³/mol. The lowest BCUT2D eigenvalue weighted by Gasteiger charge is -2.29. The van der Waals surface area contributed by atoms with E-state index in [2.05, 4.69) is 0 Å². The molecular formula is C21H20Cl2N2O. The summed E-state index contributed by atoms with van der Waals surface area (Å²) in [6.07, 6.45) is 3.82. The van der Waals surface area contributed by atoms with Crippen LogP contribution in [0.1, 0.15) is 35.3 Å². The van der Waals surface area contributed by atoms with E-state index in [1.807, 2.05) is 61.9 Å². The van der Waals surface area contributed by atoms with Gasteiger partial charge in [0.25, 0.3) is 0 Å². The van der Waals surface area contributed by atoms with Crippen molar-refractivity contribution in [2.45, 2.75) is 26.4 Å². The Hall–Kier alpha value is -2.07. The third-order valence-electron chi connectivity index (χ3n) is 4.53. The minimum atomic E-state index is -1.45. The van der Waals surface area contributed by atoms with Gasteiger partial charge in [0.2, 0.25) is 0 Å². The summed E-state index contributed by atoms with van der Waals surface area (Å²) in [6.45, 7) is 5.85. The van der Waals surface area contributed by atoms with Crippen LogP contribution in [0.5, 0.6) is 0 Å². The Balaban J connectivity index is 2.33. The molecule has 0 fully saturated rings. The van der Waals surface area contributed by atoms with Crippen molar-refractivity contribution in [2.75, 3.05) is 0 Å². The smallest absolute Gasteiger partial charge is 0.173 e. The van der Waals surface area contributed by atoms with Crippen LogP contribution in [-0.4, -0.2) is 14.7 Å². The molecule has 0 saturated heterocycles. The first-order valence-corrected chi connectivity index (χ1v) is 9.06. The van der Waals surface area contributed by atoms with E-state index in [0.29, 0.717) is 27.0 Å². The number of rotatable bonds is 4. The largest absolute Gasteiger partial charge is 0.373 e. The second kappa shape index (κ2) is 7.28. The zero-order valence-electron chi connectivity index (χ0n) is 14.9. The molecule has 0 atom stereocenters. The Bertz CT molecular complexity index is 896. The number of benzene rings is 2. The van der Waals surface area contributed by atoms with E-state index >= 15 is 0 Å². The molecule has 3 rings (SSSR count). The Morgan fingerprint density at radius 2 is 1.38 bits per heavy atom. The number of aliphatic hydroxyl groups is 1. The Labute approximate surface area is 163 Å². The van der Waals surface area contributed by atoms with Gasteiger partial charge in [-0.25, -0.2) is 4.98 Å². The van der Waals surface area contributed by atoms with Gasteiger partial charge in [0.15, 0.2) is 11.4 Å². The van der Waals surface area contributed by atoms with Crippen LogP contribution in [0.3, 0.4) is 0 Å². The second-order valence-corrected chi connectivity index (χ2v) is 7.06. The molecule has 0 saturated carbocycles. The van der Waals surface area contributed by atoms with E-state index in [0.717, 1.165) is 11.4 Å². The Morgan fingerprint density at radius 1 is 0.923 bits per heavy atom. The highest BCUT2D eigenvalue weighted by atomic mass is 35.5. The Kier molecular flexibility index (Phi) is 5.24. The van der Waals surface area contributed by atoms with Gasteiger partial charge in [-0.05, 0) is 56.2 Å². The first-order chi connectivity index (χ1) is 12.4. The molecule has 5 heteroatoms. The van der Waals surface area contributed by atoms with E-state index < -0.39 is 5.60 Å². The summed E-state index contributed by atoms with van der Waals surface area (Å²) in [5, 5.41) is 13.2. The molecule has 0 amide bonds. The zero-order chi connectivity index (χ0) is 18.9. The summed E-state index contributed by atoms with van der Waals surface area (Å²) in [5.41, 5.74) is 1.74. The second-order valence-electron chi connectivity index (χ2n) is 6.18. The van der Waals surface area contributed by atoms with E-state index in [1.165, 1.54) is 0 Å². The number of halogens is 2. The first-order valence-electron chi connectivity index (χ1n) is 8.31. The van der Waals surface area contributed by atoms with Gasteiger partial charge in [-0.15, -0.1) is 0 Å². The predicted octanol–water partition coefficient (Wildman–Crippen LogP) is 5.58. The van der Waals surface area contributed by atoms with E-state index in [4.69, 9.17) is 28.2 Å². The van der Waals surface area contributed by atoms with Crippen molar-refractivity contribution < 1.29 is 5.11 Å². The van der Waals surface area contributed by atoms with Crippen LogP contribution < -0.4 is 0 Å². The van der Waals surface area contributed by atoms with Crippen LogP contribution in [0.4, 0.5) is 0 Å². The highest BCUT2D eigenvalue weighted by molar-refractivity contribution is 6.30. The molecule has 0 aliphatic carbocycles.